The van der Waals surface area contributed by atoms with Crippen LogP contribution in [0.15, 0.2) is 11.6 Å². The number of hydrogen-bond donors (Lipinski definition) is 6. The molecule has 0 aromatic carbocycles. The molecular weight excluding hydrogens is 819 g/mol. The standard InChI is InChI=1S/C44H75N7O10S/c1-25(2)31(49(12)40(57)36(43(6,7)8)48-38(55)35(46-11)44(9,10)33-17-13-14-20-50(33)26(3)4)22-27(5)37(54)47-30(42(60)61)19-18-28(52)16-15-21-51-34(53)23-32(39(51)56)62-24-29(45)41(58)59/h22,25-26,29-33,35-36,46H,13-21,23-24,45H2,1-12H3,(H,47,54)(H,48,55)(H,58,59)(H,60,61)/b27-22+/t29-,30+,31+,32?,33?,35+,36+/m0/s1. The number of carboxylic acid groups (broad SMARTS) is 2. The SMILES string of the molecule is CN[C@H](C(=O)N[C@H](C(=O)N(C)[C@H](/C=C(\C)C(=O)N[C@H](CCC(=O)CCCN1C(=O)CC(SC[C@H](N)C(=O)O)C1=O)C(=O)O)C(C)C)C(C)(C)C)C(C)(C)C1CCCCN1C(C)C. The van der Waals surface area contributed by atoms with Crippen LogP contribution in [0, 0.1) is 16.7 Å². The number of carbonyl (C=O) groups excluding carboxylic acids is 6. The smallest absolute Gasteiger partial charge is 0.326 e. The summed E-state index contributed by atoms with van der Waals surface area (Å²) < 4.78 is 0. The molecule has 2 aliphatic rings. The zero-order valence-electron chi connectivity index (χ0n) is 39.0. The third kappa shape index (κ3) is 14.9. The van der Waals surface area contributed by atoms with E-state index in [0.717, 1.165) is 42.5 Å². The normalized spacial score (nSPS) is 20.4. The molecule has 17 nitrogen and oxygen atoms in total. The first kappa shape index (κ1) is 54.3. The number of ketones is 1. The van der Waals surface area contributed by atoms with E-state index in [1.807, 2.05) is 34.6 Å². The number of aliphatic carboxylic acids is 2. The monoisotopic (exact) mass is 894 g/mol. The van der Waals surface area contributed by atoms with E-state index < -0.39 is 75.9 Å². The van der Waals surface area contributed by atoms with E-state index in [9.17, 15) is 43.5 Å². The molecule has 2 aliphatic heterocycles. The third-order valence-electron chi connectivity index (χ3n) is 12.2. The minimum Gasteiger partial charge on any atom is -0.480 e. The van der Waals surface area contributed by atoms with Crippen LogP contribution in [0.2, 0.25) is 0 Å². The van der Waals surface area contributed by atoms with E-state index >= 15 is 0 Å². The van der Waals surface area contributed by atoms with Crippen LogP contribution in [0.5, 0.6) is 0 Å². The Labute approximate surface area is 372 Å². The number of carboxylic acids is 2. The van der Waals surface area contributed by atoms with Gasteiger partial charge >= 0.3 is 11.9 Å². The van der Waals surface area contributed by atoms with Crippen molar-refractivity contribution in [1.82, 2.24) is 30.7 Å². The number of likely N-dealkylation sites (N-methyl/N-ethyl adjacent to an activating group) is 2. The first-order valence-corrected chi connectivity index (χ1v) is 22.9. The number of likely N-dealkylation sites (tertiary alicyclic amines) is 2. The Morgan fingerprint density at radius 2 is 1.58 bits per heavy atom. The quantitative estimate of drug-likeness (QED) is 0.0603. The maximum absolute atomic E-state index is 14.4. The summed E-state index contributed by atoms with van der Waals surface area (Å²) in [6.45, 7) is 20.5. The highest BCUT2D eigenvalue weighted by atomic mass is 32.2. The van der Waals surface area contributed by atoms with Gasteiger partial charge in [-0.3, -0.25) is 43.4 Å². The molecule has 0 aromatic heterocycles. The van der Waals surface area contributed by atoms with Gasteiger partial charge in [0.2, 0.25) is 29.5 Å². The Hall–Kier alpha value is -3.87. The summed E-state index contributed by atoms with van der Waals surface area (Å²) >= 11 is 1.00. The van der Waals surface area contributed by atoms with Gasteiger partial charge in [-0.15, -0.1) is 11.8 Å². The van der Waals surface area contributed by atoms with Crippen LogP contribution in [0.1, 0.15) is 121 Å². The van der Waals surface area contributed by atoms with E-state index in [1.165, 1.54) is 11.8 Å². The molecule has 0 bridgehead atoms. The van der Waals surface area contributed by atoms with Crippen molar-refractivity contribution in [1.29, 1.82) is 0 Å². The number of nitrogens with two attached hydrogens (primary N) is 1. The maximum atomic E-state index is 14.4. The molecule has 7 atom stereocenters. The van der Waals surface area contributed by atoms with Gasteiger partial charge in [-0.25, -0.2) is 4.79 Å². The predicted octanol–water partition coefficient (Wildman–Crippen LogP) is 2.80. The number of hydrogen-bond acceptors (Lipinski definition) is 12. The van der Waals surface area contributed by atoms with Gasteiger partial charge < -0.3 is 36.8 Å². The summed E-state index contributed by atoms with van der Waals surface area (Å²) in [6, 6.07) is -4.22. The second-order valence-electron chi connectivity index (χ2n) is 19.1. The molecule has 2 unspecified atom stereocenters. The number of imide groups is 1. The predicted molar refractivity (Wildman–Crippen MR) is 239 cm³/mol. The van der Waals surface area contributed by atoms with Crippen molar-refractivity contribution >= 4 is 59.0 Å². The van der Waals surface area contributed by atoms with E-state index in [1.54, 1.807) is 20.2 Å². The number of carbonyl (C=O) groups is 8. The molecule has 18 heteroatoms. The van der Waals surface area contributed by atoms with Crippen molar-refractivity contribution < 1.29 is 48.6 Å². The number of Topliss-reactive ketones (excluding diaryl/α,β-unsaturated/α-hetero) is 1. The van der Waals surface area contributed by atoms with Crippen LogP contribution in [-0.2, 0) is 38.4 Å². The Morgan fingerprint density at radius 1 is 0.952 bits per heavy atom. The Balaban J connectivity index is 2.10. The second-order valence-corrected chi connectivity index (χ2v) is 20.4. The van der Waals surface area contributed by atoms with Gasteiger partial charge in [0.25, 0.3) is 0 Å². The van der Waals surface area contributed by atoms with Crippen molar-refractivity contribution in [2.75, 3.05) is 32.9 Å². The highest BCUT2D eigenvalue weighted by Gasteiger charge is 2.47. The van der Waals surface area contributed by atoms with Crippen LogP contribution in [0.25, 0.3) is 0 Å². The van der Waals surface area contributed by atoms with Crippen molar-refractivity contribution in [3.63, 3.8) is 0 Å². The molecule has 62 heavy (non-hydrogen) atoms. The van der Waals surface area contributed by atoms with E-state index in [-0.39, 0.29) is 79.5 Å². The molecule has 0 aromatic rings. The van der Waals surface area contributed by atoms with Gasteiger partial charge in [-0.2, -0.15) is 0 Å². The number of amides is 5. The van der Waals surface area contributed by atoms with E-state index in [0.29, 0.717) is 6.04 Å². The summed E-state index contributed by atoms with van der Waals surface area (Å²) in [7, 11) is 3.39. The molecule has 2 saturated heterocycles. The molecule has 0 spiro atoms. The molecule has 352 valence electrons. The van der Waals surface area contributed by atoms with Gasteiger partial charge in [-0.05, 0) is 71.4 Å². The summed E-state index contributed by atoms with van der Waals surface area (Å²) in [4.78, 5) is 108. The summed E-state index contributed by atoms with van der Waals surface area (Å²) in [5.74, 6) is -5.28. The van der Waals surface area contributed by atoms with E-state index in [2.05, 4.69) is 48.5 Å². The summed E-state index contributed by atoms with van der Waals surface area (Å²) in [6.07, 6.45) is 4.42. The highest BCUT2D eigenvalue weighted by Crippen LogP contribution is 2.37. The van der Waals surface area contributed by atoms with Crippen LogP contribution < -0.4 is 21.7 Å². The van der Waals surface area contributed by atoms with E-state index in [4.69, 9.17) is 10.8 Å². The van der Waals surface area contributed by atoms with Crippen molar-refractivity contribution in [2.45, 2.75) is 168 Å². The molecule has 0 saturated carbocycles. The number of nitrogens with one attached hydrogen (secondary N) is 3. The number of thioether (sulfide) groups is 1. The molecule has 2 heterocycles. The fourth-order valence-corrected chi connectivity index (χ4v) is 9.53. The fraction of sp³-hybridized carbons (Fsp3) is 0.773. The summed E-state index contributed by atoms with van der Waals surface area (Å²) in [5.41, 5.74) is 4.51. The largest absolute Gasteiger partial charge is 0.480 e. The number of nitrogens with zero attached hydrogens (tertiary/aromatic N) is 3. The average Bonchev–Trinajstić information content (AvgIpc) is 3.45. The fourth-order valence-electron chi connectivity index (χ4n) is 8.42. The Kier molecular flexibility index (Phi) is 20.8. The minimum atomic E-state index is -1.39. The van der Waals surface area contributed by atoms with Crippen molar-refractivity contribution in [3.8, 4) is 0 Å². The van der Waals surface area contributed by atoms with Gasteiger partial charge in [0.1, 0.15) is 23.9 Å². The average molecular weight is 894 g/mol. The third-order valence-corrected chi connectivity index (χ3v) is 13.5. The maximum Gasteiger partial charge on any atom is 0.326 e. The van der Waals surface area contributed by atoms with Crippen LogP contribution >= 0.6 is 11.8 Å². The first-order valence-electron chi connectivity index (χ1n) is 21.8. The van der Waals surface area contributed by atoms with Gasteiger partial charge in [0.15, 0.2) is 0 Å². The zero-order valence-corrected chi connectivity index (χ0v) is 39.9. The lowest BCUT2D eigenvalue weighted by Gasteiger charge is -2.50. The highest BCUT2D eigenvalue weighted by molar-refractivity contribution is 8.00. The zero-order chi connectivity index (χ0) is 47.4. The molecule has 5 amide bonds. The van der Waals surface area contributed by atoms with Gasteiger partial charge in [0.05, 0.1) is 17.3 Å². The van der Waals surface area contributed by atoms with Gasteiger partial charge in [-0.1, -0.05) is 61.0 Å². The topological polar surface area (TPSA) is 249 Å². The van der Waals surface area contributed by atoms with Crippen LogP contribution in [0.3, 0.4) is 0 Å². The first-order chi connectivity index (χ1) is 28.7. The number of rotatable bonds is 24. The van der Waals surface area contributed by atoms with Crippen LogP contribution in [0.4, 0.5) is 0 Å². The van der Waals surface area contributed by atoms with Crippen LogP contribution in [-0.4, -0.2) is 153 Å². The second kappa shape index (κ2) is 23.7. The molecule has 7 N–H and O–H groups in total. The molecule has 2 rings (SSSR count). The lowest BCUT2D eigenvalue weighted by atomic mass is 9.72. The molecular formula is C44H75N7O10S. The minimum absolute atomic E-state index is 0.0161. The molecule has 0 radical (unpaired) electrons. The molecule has 0 aliphatic carbocycles. The number of piperidine rings is 1. The Morgan fingerprint density at radius 3 is 2.11 bits per heavy atom. The lowest BCUT2D eigenvalue weighted by Crippen LogP contribution is -2.64. The van der Waals surface area contributed by atoms with Gasteiger partial charge in [0, 0.05) is 61.7 Å². The summed E-state index contributed by atoms with van der Waals surface area (Å²) in [5, 5.41) is 27.0. The Bertz CT molecular complexity index is 1660. The van der Waals surface area contributed by atoms with Crippen molar-refractivity contribution in [2.24, 2.45) is 22.5 Å². The van der Waals surface area contributed by atoms with Crippen molar-refractivity contribution in [3.05, 3.63) is 11.6 Å². The molecule has 2 fully saturated rings. The lowest BCUT2D eigenvalue weighted by molar-refractivity contribution is -0.142.